The molecule has 0 radical (unpaired) electrons. The number of aryl methyl sites for hydroxylation is 2. The maximum atomic E-state index is 12.2. The molecule has 2 rings (SSSR count). The summed E-state index contributed by atoms with van der Waals surface area (Å²) in [5.41, 5.74) is 4.43. The van der Waals surface area contributed by atoms with Gasteiger partial charge in [0.25, 0.3) is 0 Å². The third-order valence-electron chi connectivity index (χ3n) is 4.44. The maximum Gasteiger partial charge on any atom is 0.310 e. The lowest BCUT2D eigenvalue weighted by molar-refractivity contribution is -0.141. The van der Waals surface area contributed by atoms with E-state index < -0.39 is 5.97 Å². The number of ketones is 1. The number of Topliss-reactive ketones (excluding diaryl/α,β-unsaturated/α-hetero) is 1. The first-order valence-corrected chi connectivity index (χ1v) is 9.12. The Morgan fingerprint density at radius 3 is 2.38 bits per heavy atom. The molecular formula is C21H28N2O3. The first-order chi connectivity index (χ1) is 12.3. The average Bonchev–Trinajstić information content (AvgIpc) is 2.86. The Kier molecular flexibility index (Phi) is 6.72. The highest BCUT2D eigenvalue weighted by Gasteiger charge is 2.17. The minimum Gasteiger partial charge on any atom is -0.457 e. The second kappa shape index (κ2) is 8.79. The van der Waals surface area contributed by atoms with Gasteiger partial charge in [0.05, 0.1) is 12.1 Å². The van der Waals surface area contributed by atoms with Crippen molar-refractivity contribution in [3.05, 3.63) is 52.3 Å². The second-order valence-electron chi connectivity index (χ2n) is 7.04. The SMILES string of the molecule is CCc1ccc(C(=O)COC(=O)Cc2c(C)nn(CC(C)C)c2C)cc1. The zero-order valence-electron chi connectivity index (χ0n) is 16.3. The van der Waals surface area contributed by atoms with E-state index in [9.17, 15) is 9.59 Å². The fourth-order valence-electron chi connectivity index (χ4n) is 2.86. The summed E-state index contributed by atoms with van der Waals surface area (Å²) in [6, 6.07) is 7.40. The van der Waals surface area contributed by atoms with E-state index in [2.05, 4.69) is 25.9 Å². The smallest absolute Gasteiger partial charge is 0.310 e. The Labute approximate surface area is 155 Å². The number of carbonyl (C=O) groups is 2. The molecule has 2 aromatic rings. The Balaban J connectivity index is 1.94. The van der Waals surface area contributed by atoms with Gasteiger partial charge in [-0.1, -0.05) is 45.0 Å². The van der Waals surface area contributed by atoms with Gasteiger partial charge in [-0.25, -0.2) is 0 Å². The molecule has 0 fully saturated rings. The van der Waals surface area contributed by atoms with Crippen molar-refractivity contribution < 1.29 is 14.3 Å². The summed E-state index contributed by atoms with van der Waals surface area (Å²) in [6.45, 7) is 10.8. The highest BCUT2D eigenvalue weighted by atomic mass is 16.5. The third-order valence-corrected chi connectivity index (χ3v) is 4.44. The molecule has 1 aromatic carbocycles. The van der Waals surface area contributed by atoms with Crippen LogP contribution in [0.2, 0.25) is 0 Å². The van der Waals surface area contributed by atoms with Crippen molar-refractivity contribution in [1.82, 2.24) is 9.78 Å². The molecule has 0 N–H and O–H groups in total. The number of hydrogen-bond donors (Lipinski definition) is 0. The Hall–Kier alpha value is -2.43. The van der Waals surface area contributed by atoms with Crippen LogP contribution >= 0.6 is 0 Å². The minimum atomic E-state index is -0.404. The molecule has 0 unspecified atom stereocenters. The van der Waals surface area contributed by atoms with E-state index in [1.807, 2.05) is 30.7 Å². The molecule has 140 valence electrons. The fraction of sp³-hybridized carbons (Fsp3) is 0.476. The monoisotopic (exact) mass is 356 g/mol. The van der Waals surface area contributed by atoms with Crippen LogP contribution in [-0.2, 0) is 28.9 Å². The summed E-state index contributed by atoms with van der Waals surface area (Å²) >= 11 is 0. The molecule has 1 aromatic heterocycles. The van der Waals surface area contributed by atoms with Crippen LogP contribution in [0.5, 0.6) is 0 Å². The summed E-state index contributed by atoms with van der Waals surface area (Å²) in [4.78, 5) is 24.3. The predicted octanol–water partition coefficient (Wildman–Crippen LogP) is 3.69. The van der Waals surface area contributed by atoms with Crippen molar-refractivity contribution in [2.24, 2.45) is 5.92 Å². The highest BCUT2D eigenvalue weighted by molar-refractivity contribution is 5.98. The Bertz CT molecular complexity index is 773. The van der Waals surface area contributed by atoms with E-state index in [0.717, 1.165) is 29.9 Å². The van der Waals surface area contributed by atoms with E-state index in [4.69, 9.17) is 4.74 Å². The predicted molar refractivity (Wildman–Crippen MR) is 101 cm³/mol. The molecule has 5 heteroatoms. The quantitative estimate of drug-likeness (QED) is 0.535. The van der Waals surface area contributed by atoms with Gasteiger partial charge in [-0.3, -0.25) is 14.3 Å². The number of aromatic nitrogens is 2. The van der Waals surface area contributed by atoms with Gasteiger partial charge < -0.3 is 4.74 Å². The zero-order chi connectivity index (χ0) is 19.3. The van der Waals surface area contributed by atoms with Crippen molar-refractivity contribution >= 4 is 11.8 Å². The highest BCUT2D eigenvalue weighted by Crippen LogP contribution is 2.16. The molecule has 0 aliphatic carbocycles. The third kappa shape index (κ3) is 5.04. The normalized spacial score (nSPS) is 11.0. The number of rotatable bonds is 8. The maximum absolute atomic E-state index is 12.2. The standard InChI is InChI=1S/C21H28N2O3/c1-6-17-7-9-18(10-8-17)20(24)13-26-21(25)11-19-15(4)22-23(16(19)5)12-14(2)3/h7-10,14H,6,11-13H2,1-5H3. The van der Waals surface area contributed by atoms with Gasteiger partial charge in [0, 0.05) is 23.4 Å². The van der Waals surface area contributed by atoms with Crippen LogP contribution in [0.25, 0.3) is 0 Å². The van der Waals surface area contributed by atoms with Gasteiger partial charge in [0.15, 0.2) is 12.4 Å². The first kappa shape index (κ1) is 19.9. The van der Waals surface area contributed by atoms with E-state index >= 15 is 0 Å². The topological polar surface area (TPSA) is 61.2 Å². The van der Waals surface area contributed by atoms with E-state index in [1.165, 1.54) is 5.56 Å². The second-order valence-corrected chi connectivity index (χ2v) is 7.04. The molecular weight excluding hydrogens is 328 g/mol. The molecule has 1 heterocycles. The van der Waals surface area contributed by atoms with Gasteiger partial charge in [0.1, 0.15) is 0 Å². The van der Waals surface area contributed by atoms with Gasteiger partial charge in [-0.2, -0.15) is 5.10 Å². The van der Waals surface area contributed by atoms with Crippen LogP contribution in [0, 0.1) is 19.8 Å². The Morgan fingerprint density at radius 1 is 1.15 bits per heavy atom. The van der Waals surface area contributed by atoms with Gasteiger partial charge in [-0.05, 0) is 31.7 Å². The van der Waals surface area contributed by atoms with Gasteiger partial charge in [-0.15, -0.1) is 0 Å². The molecule has 0 amide bonds. The number of carbonyl (C=O) groups excluding carboxylic acids is 2. The molecule has 0 spiro atoms. The molecule has 5 nitrogen and oxygen atoms in total. The van der Waals surface area contributed by atoms with Crippen molar-refractivity contribution in [1.29, 1.82) is 0 Å². The fourth-order valence-corrected chi connectivity index (χ4v) is 2.86. The van der Waals surface area contributed by atoms with E-state index in [1.54, 1.807) is 12.1 Å². The molecule has 0 saturated carbocycles. The zero-order valence-corrected chi connectivity index (χ0v) is 16.3. The number of nitrogens with zero attached hydrogens (tertiary/aromatic N) is 2. The first-order valence-electron chi connectivity index (χ1n) is 9.12. The molecule has 0 atom stereocenters. The van der Waals surface area contributed by atoms with Gasteiger partial charge >= 0.3 is 5.97 Å². The molecule has 0 aliphatic rings. The molecule has 0 aliphatic heterocycles. The summed E-state index contributed by atoms with van der Waals surface area (Å²) < 4.78 is 7.13. The number of ether oxygens (including phenoxy) is 1. The van der Waals surface area contributed by atoms with Crippen LogP contribution in [0.4, 0.5) is 0 Å². The molecule has 0 saturated heterocycles. The summed E-state index contributed by atoms with van der Waals surface area (Å²) in [7, 11) is 0. The summed E-state index contributed by atoms with van der Waals surface area (Å²) in [6.07, 6.45) is 1.06. The number of esters is 1. The lowest BCUT2D eigenvalue weighted by Gasteiger charge is -2.08. The minimum absolute atomic E-state index is 0.137. The lowest BCUT2D eigenvalue weighted by atomic mass is 10.1. The number of hydrogen-bond acceptors (Lipinski definition) is 4. The lowest BCUT2D eigenvalue weighted by Crippen LogP contribution is -2.16. The summed E-state index contributed by atoms with van der Waals surface area (Å²) in [5.74, 6) is -0.117. The summed E-state index contributed by atoms with van der Waals surface area (Å²) in [5, 5.41) is 4.50. The van der Waals surface area contributed by atoms with Crippen molar-refractivity contribution in [2.45, 2.75) is 54.0 Å². The van der Waals surface area contributed by atoms with Crippen LogP contribution in [0.15, 0.2) is 24.3 Å². The molecule has 0 bridgehead atoms. The molecule has 26 heavy (non-hydrogen) atoms. The van der Waals surface area contributed by atoms with Crippen molar-refractivity contribution in [3.63, 3.8) is 0 Å². The number of benzene rings is 1. The Morgan fingerprint density at radius 2 is 1.81 bits per heavy atom. The van der Waals surface area contributed by atoms with Crippen molar-refractivity contribution in [2.75, 3.05) is 6.61 Å². The average molecular weight is 356 g/mol. The van der Waals surface area contributed by atoms with Gasteiger partial charge in [0.2, 0.25) is 0 Å². The largest absolute Gasteiger partial charge is 0.457 e. The van der Waals surface area contributed by atoms with Crippen LogP contribution in [0.1, 0.15) is 53.6 Å². The van der Waals surface area contributed by atoms with Crippen LogP contribution < -0.4 is 0 Å². The van der Waals surface area contributed by atoms with E-state index in [0.29, 0.717) is 11.5 Å². The van der Waals surface area contributed by atoms with Crippen LogP contribution in [0.3, 0.4) is 0 Å². The van der Waals surface area contributed by atoms with Crippen molar-refractivity contribution in [3.8, 4) is 0 Å². The van der Waals surface area contributed by atoms with Crippen LogP contribution in [-0.4, -0.2) is 28.1 Å². The van der Waals surface area contributed by atoms with E-state index in [-0.39, 0.29) is 18.8 Å².